The van der Waals surface area contributed by atoms with E-state index in [4.69, 9.17) is 4.52 Å². The fourth-order valence-electron chi connectivity index (χ4n) is 3.11. The molecule has 0 bridgehead atoms. The lowest BCUT2D eigenvalue weighted by molar-refractivity contribution is 0.495. The maximum absolute atomic E-state index is 10.4. The van der Waals surface area contributed by atoms with Crippen LogP contribution in [0.1, 0.15) is 16.7 Å². The van der Waals surface area contributed by atoms with Gasteiger partial charge in [-0.3, -0.25) is 0 Å². The average Bonchev–Trinajstić information content (AvgIpc) is 2.57. The van der Waals surface area contributed by atoms with Crippen LogP contribution in [-0.4, -0.2) is 4.89 Å². The van der Waals surface area contributed by atoms with Gasteiger partial charge in [-0.15, -0.1) is 0 Å². The Morgan fingerprint density at radius 3 is 2.48 bits per heavy atom. The Balaban J connectivity index is 1.87. The zero-order chi connectivity index (χ0) is 15.8. The molecule has 1 aliphatic heterocycles. The Bertz CT molecular complexity index is 859. The first-order valence-electron chi connectivity index (χ1n) is 7.66. The van der Waals surface area contributed by atoms with E-state index in [0.29, 0.717) is 0 Å². The van der Waals surface area contributed by atoms with Gasteiger partial charge in [-0.25, -0.2) is 0 Å². The van der Waals surface area contributed by atoms with Crippen LogP contribution in [0.5, 0.6) is 5.75 Å². The molecule has 1 heterocycles. The first kappa shape index (κ1) is 14.4. The highest BCUT2D eigenvalue weighted by atomic mass is 31.2. The SMILES string of the molecule is Cc1cc(Cc2ccccc2)c2c(c1)-c1ccccc1P(O)O2. The zero-order valence-electron chi connectivity index (χ0n) is 12.9. The molecule has 2 nitrogen and oxygen atoms in total. The average molecular weight is 320 g/mol. The lowest BCUT2D eigenvalue weighted by Crippen LogP contribution is -2.15. The van der Waals surface area contributed by atoms with Gasteiger partial charge in [-0.2, -0.15) is 0 Å². The molecule has 0 aliphatic carbocycles. The molecule has 0 aromatic heterocycles. The van der Waals surface area contributed by atoms with Crippen LogP contribution in [0.3, 0.4) is 0 Å². The molecule has 3 aromatic carbocycles. The first-order chi connectivity index (χ1) is 11.2. The molecule has 0 saturated heterocycles. The molecule has 1 N–H and O–H groups in total. The topological polar surface area (TPSA) is 29.5 Å². The van der Waals surface area contributed by atoms with Gasteiger partial charge in [0.1, 0.15) is 5.75 Å². The quantitative estimate of drug-likeness (QED) is 0.701. The van der Waals surface area contributed by atoms with Gasteiger partial charge in [0.25, 0.3) is 8.38 Å². The standard InChI is InChI=1S/C20H17O2P/c1-14-11-16(13-15-7-3-2-4-8-15)20-18(12-14)17-9-5-6-10-19(17)23(21)22-20/h2-12,21H,13H2,1H3. The Morgan fingerprint density at radius 1 is 0.913 bits per heavy atom. The second-order valence-corrected chi connectivity index (χ2v) is 7.05. The predicted molar refractivity (Wildman–Crippen MR) is 95.3 cm³/mol. The second kappa shape index (κ2) is 5.81. The summed E-state index contributed by atoms with van der Waals surface area (Å²) in [6, 6.07) is 22.6. The van der Waals surface area contributed by atoms with Crippen LogP contribution in [0.4, 0.5) is 0 Å². The largest absolute Gasteiger partial charge is 0.443 e. The summed E-state index contributed by atoms with van der Waals surface area (Å²) in [7, 11) is -1.59. The highest BCUT2D eigenvalue weighted by Gasteiger charge is 2.27. The molecular formula is C20H17O2P. The summed E-state index contributed by atoms with van der Waals surface area (Å²) < 4.78 is 5.94. The highest BCUT2D eigenvalue weighted by Crippen LogP contribution is 2.48. The summed E-state index contributed by atoms with van der Waals surface area (Å²) in [4.78, 5) is 10.4. The molecule has 0 amide bonds. The third-order valence-corrected chi connectivity index (χ3v) is 5.28. The monoisotopic (exact) mass is 320 g/mol. The van der Waals surface area contributed by atoms with Crippen molar-refractivity contribution in [2.45, 2.75) is 13.3 Å². The Labute approximate surface area is 137 Å². The molecule has 1 atom stereocenters. The van der Waals surface area contributed by atoms with Crippen molar-refractivity contribution in [1.82, 2.24) is 0 Å². The molecule has 0 saturated carbocycles. The summed E-state index contributed by atoms with van der Waals surface area (Å²) in [5, 5.41) is 0.895. The maximum Gasteiger partial charge on any atom is 0.262 e. The molecular weight excluding hydrogens is 303 g/mol. The second-order valence-electron chi connectivity index (χ2n) is 5.84. The number of fused-ring (bicyclic) bond motifs is 3. The van der Waals surface area contributed by atoms with Crippen LogP contribution in [0.25, 0.3) is 11.1 Å². The summed E-state index contributed by atoms with van der Waals surface area (Å²) in [5.41, 5.74) is 5.74. The molecule has 3 heteroatoms. The summed E-state index contributed by atoms with van der Waals surface area (Å²) >= 11 is 0. The minimum atomic E-state index is -1.59. The Kier molecular flexibility index (Phi) is 3.65. The van der Waals surface area contributed by atoms with E-state index in [-0.39, 0.29) is 0 Å². The highest BCUT2D eigenvalue weighted by molar-refractivity contribution is 7.56. The molecule has 114 valence electrons. The van der Waals surface area contributed by atoms with E-state index in [9.17, 15) is 4.89 Å². The number of aryl methyl sites for hydroxylation is 1. The van der Waals surface area contributed by atoms with Crippen molar-refractivity contribution >= 4 is 13.7 Å². The van der Waals surface area contributed by atoms with Crippen molar-refractivity contribution in [3.8, 4) is 16.9 Å². The molecule has 3 aromatic rings. The van der Waals surface area contributed by atoms with Crippen molar-refractivity contribution in [2.75, 3.05) is 0 Å². The van der Waals surface area contributed by atoms with Crippen LogP contribution < -0.4 is 9.83 Å². The van der Waals surface area contributed by atoms with Crippen LogP contribution in [0, 0.1) is 6.92 Å². The van der Waals surface area contributed by atoms with Crippen molar-refractivity contribution in [3.05, 3.63) is 83.4 Å². The molecule has 23 heavy (non-hydrogen) atoms. The normalized spacial score (nSPS) is 15.5. The van der Waals surface area contributed by atoms with Gasteiger partial charge in [0.2, 0.25) is 0 Å². The lowest BCUT2D eigenvalue weighted by atomic mass is 9.95. The first-order valence-corrected chi connectivity index (χ1v) is 8.87. The van der Waals surface area contributed by atoms with E-state index in [2.05, 4.69) is 37.3 Å². The van der Waals surface area contributed by atoms with Gasteiger partial charge in [0.15, 0.2) is 0 Å². The van der Waals surface area contributed by atoms with Gasteiger partial charge in [0, 0.05) is 12.0 Å². The zero-order valence-corrected chi connectivity index (χ0v) is 13.8. The minimum absolute atomic E-state index is 0.802. The van der Waals surface area contributed by atoms with Gasteiger partial charge in [-0.05, 0) is 41.3 Å². The number of benzene rings is 3. The van der Waals surface area contributed by atoms with Gasteiger partial charge in [-0.1, -0.05) is 54.6 Å². The Morgan fingerprint density at radius 2 is 1.65 bits per heavy atom. The van der Waals surface area contributed by atoms with Crippen LogP contribution >= 0.6 is 8.38 Å². The van der Waals surface area contributed by atoms with Gasteiger partial charge < -0.3 is 9.42 Å². The molecule has 0 spiro atoms. The van der Waals surface area contributed by atoms with Crippen LogP contribution in [-0.2, 0) is 6.42 Å². The lowest BCUT2D eigenvalue weighted by Gasteiger charge is -2.26. The molecule has 1 unspecified atom stereocenters. The summed E-state index contributed by atoms with van der Waals surface area (Å²) in [5.74, 6) is 0.826. The van der Waals surface area contributed by atoms with Crippen molar-refractivity contribution in [1.29, 1.82) is 0 Å². The number of hydrogen-bond acceptors (Lipinski definition) is 2. The van der Waals surface area contributed by atoms with E-state index in [0.717, 1.165) is 34.2 Å². The van der Waals surface area contributed by atoms with Crippen LogP contribution in [0.15, 0.2) is 66.7 Å². The number of rotatable bonds is 2. The van der Waals surface area contributed by atoms with Crippen LogP contribution in [0.2, 0.25) is 0 Å². The van der Waals surface area contributed by atoms with Crippen molar-refractivity contribution in [3.63, 3.8) is 0 Å². The number of hydrogen-bond donors (Lipinski definition) is 1. The van der Waals surface area contributed by atoms with Gasteiger partial charge >= 0.3 is 0 Å². The fraction of sp³-hybridized carbons (Fsp3) is 0.100. The molecule has 0 fully saturated rings. The maximum atomic E-state index is 10.4. The van der Waals surface area contributed by atoms with E-state index >= 15 is 0 Å². The van der Waals surface area contributed by atoms with Gasteiger partial charge in [0.05, 0.1) is 5.30 Å². The summed E-state index contributed by atoms with van der Waals surface area (Å²) in [6.07, 6.45) is 0.802. The van der Waals surface area contributed by atoms with E-state index in [1.807, 2.05) is 36.4 Å². The van der Waals surface area contributed by atoms with E-state index < -0.39 is 8.38 Å². The van der Waals surface area contributed by atoms with E-state index in [1.165, 1.54) is 11.1 Å². The minimum Gasteiger partial charge on any atom is -0.443 e. The third kappa shape index (κ3) is 2.65. The Hall–Kier alpha value is -2.15. The summed E-state index contributed by atoms with van der Waals surface area (Å²) in [6.45, 7) is 2.10. The fourth-order valence-corrected chi connectivity index (χ4v) is 4.21. The third-order valence-electron chi connectivity index (χ3n) is 4.13. The molecule has 1 aliphatic rings. The van der Waals surface area contributed by atoms with Crippen molar-refractivity contribution in [2.24, 2.45) is 0 Å². The smallest absolute Gasteiger partial charge is 0.262 e. The molecule has 4 rings (SSSR count). The predicted octanol–water partition coefficient (Wildman–Crippen LogP) is 4.57. The van der Waals surface area contributed by atoms with Crippen molar-refractivity contribution < 1.29 is 9.42 Å². The molecule has 0 radical (unpaired) electrons. The van der Waals surface area contributed by atoms with E-state index in [1.54, 1.807) is 0 Å².